The number of hydrogen-bond donors (Lipinski definition) is 0. The summed E-state index contributed by atoms with van der Waals surface area (Å²) in [5, 5.41) is 2.23. The maximum Gasteiger partial charge on any atom is 0.0980 e. The number of aliphatic imine (C=N–C) groups is 2. The van der Waals surface area contributed by atoms with Crippen molar-refractivity contribution in [1.82, 2.24) is 0 Å². The molecule has 0 fully saturated rings. The van der Waals surface area contributed by atoms with Gasteiger partial charge in [-0.25, -0.2) is 0 Å². The van der Waals surface area contributed by atoms with E-state index >= 15 is 0 Å². The van der Waals surface area contributed by atoms with Crippen molar-refractivity contribution >= 4 is 33.6 Å². The molecule has 0 aromatic heterocycles. The van der Waals surface area contributed by atoms with E-state index < -0.39 is 0 Å². The first-order chi connectivity index (χ1) is 9.44. The van der Waals surface area contributed by atoms with Crippen molar-refractivity contribution in [2.24, 2.45) is 9.98 Å². The summed E-state index contributed by atoms with van der Waals surface area (Å²) in [5.41, 5.74) is 5.09. The smallest absolute Gasteiger partial charge is 0.0980 e. The highest BCUT2D eigenvalue weighted by Gasteiger charge is 2.19. The Morgan fingerprint density at radius 3 is 1.15 bits per heavy atom. The zero-order valence-corrected chi connectivity index (χ0v) is 15.8. The van der Waals surface area contributed by atoms with Crippen LogP contribution in [0.1, 0.15) is 41.5 Å². The molecule has 0 unspecified atom stereocenters. The number of hydrogen-bond acceptors (Lipinski definition) is 4. The summed E-state index contributed by atoms with van der Waals surface area (Å²) in [7, 11) is 0. The van der Waals surface area contributed by atoms with Crippen LogP contribution in [0, 0.1) is 0 Å². The highest BCUT2D eigenvalue weighted by molar-refractivity contribution is 8.14. The largest absolute Gasteiger partial charge is 0.278 e. The SMILES string of the molecule is CCN=C(SC)C(=C(C)C)C(C(=NCC)SC)=C(C)C. The third-order valence-corrected chi connectivity index (χ3v) is 4.11. The van der Waals surface area contributed by atoms with Crippen LogP contribution < -0.4 is 0 Å². The molecule has 0 atom stereocenters. The van der Waals surface area contributed by atoms with Crippen molar-refractivity contribution in [3.8, 4) is 0 Å². The molecular formula is C16H28N2S2. The monoisotopic (exact) mass is 312 g/mol. The second kappa shape index (κ2) is 10.3. The quantitative estimate of drug-likeness (QED) is 0.395. The summed E-state index contributed by atoms with van der Waals surface area (Å²) in [5.74, 6) is 0. The standard InChI is InChI=1S/C16H28N2S2/c1-9-17-15(19-7)13(11(3)4)14(12(5)6)16(20-8)18-10-2/h9-10H2,1-8H3. The lowest BCUT2D eigenvalue weighted by Gasteiger charge is -2.18. The minimum absolute atomic E-state index is 0.808. The van der Waals surface area contributed by atoms with E-state index in [4.69, 9.17) is 0 Å². The van der Waals surface area contributed by atoms with Gasteiger partial charge in [-0.2, -0.15) is 0 Å². The summed E-state index contributed by atoms with van der Waals surface area (Å²) in [6.45, 7) is 14.4. The molecule has 0 spiro atoms. The van der Waals surface area contributed by atoms with Gasteiger partial charge in [0.05, 0.1) is 10.1 Å². The summed E-state index contributed by atoms with van der Waals surface area (Å²) in [4.78, 5) is 9.34. The Morgan fingerprint density at radius 1 is 0.700 bits per heavy atom. The minimum atomic E-state index is 0.808. The van der Waals surface area contributed by atoms with Crippen LogP contribution in [0.15, 0.2) is 32.3 Å². The van der Waals surface area contributed by atoms with E-state index in [0.29, 0.717) is 0 Å². The van der Waals surface area contributed by atoms with E-state index in [-0.39, 0.29) is 0 Å². The molecule has 0 bridgehead atoms. The molecule has 0 amide bonds. The lowest BCUT2D eigenvalue weighted by atomic mass is 9.99. The van der Waals surface area contributed by atoms with Gasteiger partial charge in [-0.05, 0) is 54.1 Å². The van der Waals surface area contributed by atoms with E-state index in [1.54, 1.807) is 23.5 Å². The van der Waals surface area contributed by atoms with E-state index in [9.17, 15) is 0 Å². The Labute approximate surface area is 133 Å². The first-order valence-corrected chi connectivity index (χ1v) is 9.42. The van der Waals surface area contributed by atoms with Gasteiger partial charge in [0.25, 0.3) is 0 Å². The Kier molecular flexibility index (Phi) is 10.0. The second-order valence-electron chi connectivity index (χ2n) is 4.72. The summed E-state index contributed by atoms with van der Waals surface area (Å²) >= 11 is 3.43. The Bertz CT molecular complexity index is 393. The van der Waals surface area contributed by atoms with Crippen LogP contribution in [0.2, 0.25) is 0 Å². The van der Waals surface area contributed by atoms with Gasteiger partial charge in [-0.15, -0.1) is 23.5 Å². The molecule has 0 rings (SSSR count). The fourth-order valence-electron chi connectivity index (χ4n) is 1.92. The Morgan fingerprint density at radius 2 is 1.00 bits per heavy atom. The Balaban J connectivity index is 6.16. The molecule has 4 heteroatoms. The van der Waals surface area contributed by atoms with Crippen LogP contribution in [-0.2, 0) is 0 Å². The molecule has 0 radical (unpaired) electrons. The first-order valence-electron chi connectivity index (χ1n) is 6.97. The van der Waals surface area contributed by atoms with Crippen molar-refractivity contribution in [3.05, 3.63) is 22.3 Å². The molecular weight excluding hydrogens is 284 g/mol. The Hall–Kier alpha value is -0.480. The fraction of sp³-hybridized carbons (Fsp3) is 0.625. The van der Waals surface area contributed by atoms with Crippen LogP contribution in [0.5, 0.6) is 0 Å². The van der Waals surface area contributed by atoms with Gasteiger partial charge < -0.3 is 0 Å². The zero-order valence-electron chi connectivity index (χ0n) is 14.1. The van der Waals surface area contributed by atoms with Crippen LogP contribution in [0.25, 0.3) is 0 Å². The molecule has 114 valence electrons. The zero-order chi connectivity index (χ0) is 15.7. The predicted molar refractivity (Wildman–Crippen MR) is 99.7 cm³/mol. The third kappa shape index (κ3) is 5.49. The van der Waals surface area contributed by atoms with Crippen LogP contribution in [0.4, 0.5) is 0 Å². The minimum Gasteiger partial charge on any atom is -0.278 e. The average Bonchev–Trinajstić information content (AvgIpc) is 2.39. The average molecular weight is 313 g/mol. The van der Waals surface area contributed by atoms with Crippen molar-refractivity contribution < 1.29 is 0 Å². The molecule has 0 heterocycles. The van der Waals surface area contributed by atoms with Crippen LogP contribution in [-0.4, -0.2) is 35.7 Å². The van der Waals surface area contributed by atoms with Gasteiger partial charge in [-0.1, -0.05) is 11.1 Å². The van der Waals surface area contributed by atoms with Gasteiger partial charge in [0.1, 0.15) is 0 Å². The van der Waals surface area contributed by atoms with E-state index in [1.165, 1.54) is 22.3 Å². The van der Waals surface area contributed by atoms with Crippen molar-refractivity contribution in [1.29, 1.82) is 0 Å². The molecule has 0 N–H and O–H groups in total. The van der Waals surface area contributed by atoms with Crippen LogP contribution in [0.3, 0.4) is 0 Å². The highest BCUT2D eigenvalue weighted by atomic mass is 32.2. The third-order valence-electron chi connectivity index (χ3n) is 2.67. The fourth-order valence-corrected chi connectivity index (χ4v) is 3.46. The predicted octanol–water partition coefficient (Wildman–Crippen LogP) is 5.22. The van der Waals surface area contributed by atoms with Crippen molar-refractivity contribution in [2.45, 2.75) is 41.5 Å². The lowest BCUT2D eigenvalue weighted by Crippen LogP contribution is -2.12. The van der Waals surface area contributed by atoms with Gasteiger partial charge in [0, 0.05) is 24.2 Å². The van der Waals surface area contributed by atoms with E-state index in [2.05, 4.69) is 64.0 Å². The number of rotatable bonds is 5. The lowest BCUT2D eigenvalue weighted by molar-refractivity contribution is 1.12. The summed E-state index contributed by atoms with van der Waals surface area (Å²) in [6, 6.07) is 0. The molecule has 0 saturated heterocycles. The molecule has 0 aliphatic rings. The van der Waals surface area contributed by atoms with Gasteiger partial charge in [-0.3, -0.25) is 9.98 Å². The topological polar surface area (TPSA) is 24.7 Å². The molecule has 0 aromatic rings. The molecule has 0 aliphatic heterocycles. The molecule has 2 nitrogen and oxygen atoms in total. The molecule has 20 heavy (non-hydrogen) atoms. The normalized spacial score (nSPS) is 12.4. The molecule has 0 aromatic carbocycles. The number of thioether (sulfide) groups is 2. The maximum absolute atomic E-state index is 4.67. The molecule has 0 saturated carbocycles. The first kappa shape index (κ1) is 19.5. The summed E-state index contributed by atoms with van der Waals surface area (Å²) in [6.07, 6.45) is 4.19. The van der Waals surface area contributed by atoms with Crippen LogP contribution >= 0.6 is 23.5 Å². The van der Waals surface area contributed by atoms with Gasteiger partial charge in [0.2, 0.25) is 0 Å². The molecule has 0 aliphatic carbocycles. The number of allylic oxidation sites excluding steroid dienone is 2. The van der Waals surface area contributed by atoms with Gasteiger partial charge >= 0.3 is 0 Å². The van der Waals surface area contributed by atoms with Gasteiger partial charge in [0.15, 0.2) is 0 Å². The highest BCUT2D eigenvalue weighted by Crippen LogP contribution is 2.29. The second-order valence-corrected chi connectivity index (χ2v) is 6.31. The summed E-state index contributed by atoms with van der Waals surface area (Å²) < 4.78 is 0. The van der Waals surface area contributed by atoms with E-state index in [1.807, 2.05) is 0 Å². The van der Waals surface area contributed by atoms with Crippen molar-refractivity contribution in [3.63, 3.8) is 0 Å². The number of nitrogens with zero attached hydrogens (tertiary/aromatic N) is 2. The maximum atomic E-state index is 4.67. The van der Waals surface area contributed by atoms with E-state index in [0.717, 1.165) is 23.2 Å². The van der Waals surface area contributed by atoms with Crippen molar-refractivity contribution in [2.75, 3.05) is 25.6 Å².